The number of hydrogen-bond acceptors (Lipinski definition) is 8. The molecule has 0 amide bonds. The molecule has 30 heavy (non-hydrogen) atoms. The molecule has 0 atom stereocenters. The number of benzene rings is 1. The van der Waals surface area contributed by atoms with Crippen molar-refractivity contribution < 1.29 is 9.26 Å². The lowest BCUT2D eigenvalue weighted by Crippen LogP contribution is -2.04. The number of H-pyrrole nitrogens is 1. The fourth-order valence-corrected chi connectivity index (χ4v) is 2.86. The van der Waals surface area contributed by atoms with Crippen LogP contribution in [0.3, 0.4) is 0 Å². The average Bonchev–Trinajstić information content (AvgIpc) is 3.40. The Morgan fingerprint density at radius 3 is 2.87 bits per heavy atom. The molecule has 3 aromatic heterocycles. The minimum absolute atomic E-state index is 0.450. The van der Waals surface area contributed by atoms with E-state index in [2.05, 4.69) is 55.0 Å². The fourth-order valence-electron chi connectivity index (χ4n) is 2.86. The molecule has 4 aromatic rings. The highest BCUT2D eigenvalue weighted by Gasteiger charge is 2.06. The van der Waals surface area contributed by atoms with Gasteiger partial charge in [0.15, 0.2) is 5.76 Å². The van der Waals surface area contributed by atoms with Crippen LogP contribution in [-0.4, -0.2) is 25.3 Å². The third-order valence-corrected chi connectivity index (χ3v) is 4.36. The van der Waals surface area contributed by atoms with Crippen LogP contribution < -0.4 is 15.4 Å². The molecule has 4 rings (SSSR count). The number of nitrogens with one attached hydrogen (secondary N) is 3. The highest BCUT2D eigenvalue weighted by molar-refractivity contribution is 5.53. The molecule has 0 aliphatic rings. The Labute approximate surface area is 173 Å². The van der Waals surface area contributed by atoms with Crippen molar-refractivity contribution in [2.45, 2.75) is 33.4 Å². The minimum Gasteiger partial charge on any atom is -0.472 e. The van der Waals surface area contributed by atoms with Gasteiger partial charge in [-0.15, -0.1) is 5.10 Å². The Bertz CT molecular complexity index is 1110. The molecule has 3 heterocycles. The van der Waals surface area contributed by atoms with Gasteiger partial charge in [0.1, 0.15) is 18.2 Å². The molecule has 0 radical (unpaired) electrons. The Hall–Kier alpha value is -3.88. The number of anilines is 3. The highest BCUT2D eigenvalue weighted by Crippen LogP contribution is 2.19. The van der Waals surface area contributed by atoms with Gasteiger partial charge in [-0.25, -0.2) is 4.98 Å². The van der Waals surface area contributed by atoms with Crippen molar-refractivity contribution in [3.05, 3.63) is 71.2 Å². The van der Waals surface area contributed by atoms with Crippen molar-refractivity contribution in [1.82, 2.24) is 25.3 Å². The van der Waals surface area contributed by atoms with E-state index < -0.39 is 0 Å². The van der Waals surface area contributed by atoms with Crippen LogP contribution in [0, 0.1) is 6.92 Å². The van der Waals surface area contributed by atoms with Gasteiger partial charge in [-0.2, -0.15) is 4.98 Å². The maximum absolute atomic E-state index is 5.78. The summed E-state index contributed by atoms with van der Waals surface area (Å²) in [6.45, 7) is 4.92. The van der Waals surface area contributed by atoms with E-state index in [4.69, 9.17) is 9.26 Å². The molecule has 1 aromatic carbocycles. The summed E-state index contributed by atoms with van der Waals surface area (Å²) in [6.07, 6.45) is 2.66. The van der Waals surface area contributed by atoms with Crippen molar-refractivity contribution in [2.75, 3.05) is 10.6 Å². The summed E-state index contributed by atoms with van der Waals surface area (Å²) in [5.74, 6) is 2.98. The van der Waals surface area contributed by atoms with Crippen molar-refractivity contribution in [1.29, 1.82) is 0 Å². The van der Waals surface area contributed by atoms with E-state index in [9.17, 15) is 0 Å². The minimum atomic E-state index is 0.450. The van der Waals surface area contributed by atoms with Gasteiger partial charge in [0, 0.05) is 18.3 Å². The predicted octanol–water partition coefficient (Wildman–Crippen LogP) is 3.99. The molecule has 0 saturated heterocycles. The summed E-state index contributed by atoms with van der Waals surface area (Å²) in [5.41, 5.74) is 3.23. The van der Waals surface area contributed by atoms with Gasteiger partial charge >= 0.3 is 0 Å². The zero-order valence-corrected chi connectivity index (χ0v) is 16.8. The van der Waals surface area contributed by atoms with Gasteiger partial charge in [-0.1, -0.05) is 36.3 Å². The van der Waals surface area contributed by atoms with E-state index in [1.807, 2.05) is 25.1 Å². The zero-order valence-electron chi connectivity index (χ0n) is 16.8. The average molecular weight is 405 g/mol. The molecule has 0 aliphatic carbocycles. The topological polar surface area (TPSA) is 114 Å². The van der Waals surface area contributed by atoms with Crippen molar-refractivity contribution >= 4 is 17.6 Å². The first-order chi connectivity index (χ1) is 14.7. The summed E-state index contributed by atoms with van der Waals surface area (Å²) in [5, 5.41) is 17.2. The van der Waals surface area contributed by atoms with Crippen LogP contribution in [0.15, 0.2) is 53.2 Å². The smallest absolute Gasteiger partial charge is 0.235 e. The number of aromatic nitrogens is 5. The molecule has 0 saturated carbocycles. The largest absolute Gasteiger partial charge is 0.472 e. The van der Waals surface area contributed by atoms with E-state index in [0.717, 1.165) is 17.7 Å². The van der Waals surface area contributed by atoms with Gasteiger partial charge in [0.25, 0.3) is 0 Å². The molecule has 0 unspecified atom stereocenters. The first-order valence-corrected chi connectivity index (χ1v) is 9.70. The van der Waals surface area contributed by atoms with Gasteiger partial charge in [-0.3, -0.25) is 5.10 Å². The van der Waals surface area contributed by atoms with Crippen molar-refractivity contribution in [2.24, 2.45) is 0 Å². The first-order valence-electron chi connectivity index (χ1n) is 9.70. The second-order valence-corrected chi connectivity index (χ2v) is 6.76. The van der Waals surface area contributed by atoms with Gasteiger partial charge in [-0.05, 0) is 30.5 Å². The summed E-state index contributed by atoms with van der Waals surface area (Å²) in [7, 11) is 0. The summed E-state index contributed by atoms with van der Waals surface area (Å²) >= 11 is 0. The third kappa shape index (κ3) is 5.13. The van der Waals surface area contributed by atoms with Crippen LogP contribution in [0.1, 0.15) is 29.5 Å². The van der Waals surface area contributed by atoms with Crippen LogP contribution in [0.5, 0.6) is 5.88 Å². The Balaban J connectivity index is 1.32. The number of nitrogens with zero attached hydrogens (tertiary/aromatic N) is 4. The normalized spacial score (nSPS) is 10.7. The molecule has 0 fully saturated rings. The fraction of sp³-hybridized carbons (Fsp3) is 0.238. The predicted molar refractivity (Wildman–Crippen MR) is 113 cm³/mol. The first kappa shape index (κ1) is 19.4. The molecule has 9 nitrogen and oxygen atoms in total. The summed E-state index contributed by atoms with van der Waals surface area (Å²) in [6, 6.07) is 13.7. The van der Waals surface area contributed by atoms with Gasteiger partial charge in [0.2, 0.25) is 11.8 Å². The molecule has 154 valence electrons. The molecule has 9 heteroatoms. The number of aryl methyl sites for hydroxylation is 2. The van der Waals surface area contributed by atoms with E-state index in [1.165, 1.54) is 5.56 Å². The lowest BCUT2D eigenvalue weighted by Gasteiger charge is -2.06. The van der Waals surface area contributed by atoms with Gasteiger partial charge in [0.05, 0.1) is 12.2 Å². The quantitative estimate of drug-likeness (QED) is 0.383. The number of ether oxygens (including phenoxy) is 1. The highest BCUT2D eigenvalue weighted by atomic mass is 16.5. The zero-order chi connectivity index (χ0) is 20.8. The monoisotopic (exact) mass is 405 g/mol. The molecule has 0 spiro atoms. The Morgan fingerprint density at radius 2 is 2.03 bits per heavy atom. The standard InChI is InChI=1S/C21H23N7O2/c1-3-15-5-4-6-16(10-15)13-29-20-11-19(26-27-20)24-18-7-8-22-21(25-18)23-12-17-9-14(2)28-30-17/h4-11H,3,12-13H2,1-2H3,(H3,22,23,24,25,26,27). The van der Waals surface area contributed by atoms with E-state index >= 15 is 0 Å². The second-order valence-electron chi connectivity index (χ2n) is 6.76. The van der Waals surface area contributed by atoms with Crippen LogP contribution in [0.25, 0.3) is 0 Å². The summed E-state index contributed by atoms with van der Waals surface area (Å²) < 4.78 is 11.0. The SMILES string of the molecule is CCc1cccc(COc2cc(Nc3ccnc(NCc4cc(C)no4)n3)[nH]n2)c1. The molecular weight excluding hydrogens is 382 g/mol. The Morgan fingerprint density at radius 1 is 1.13 bits per heavy atom. The number of rotatable bonds is 9. The van der Waals surface area contributed by atoms with E-state index in [-0.39, 0.29) is 0 Å². The maximum Gasteiger partial charge on any atom is 0.235 e. The van der Waals surface area contributed by atoms with Crippen molar-refractivity contribution in [3.8, 4) is 5.88 Å². The lowest BCUT2D eigenvalue weighted by atomic mass is 10.1. The van der Waals surface area contributed by atoms with Crippen LogP contribution in [-0.2, 0) is 19.6 Å². The molecule has 0 aliphatic heterocycles. The second kappa shape index (κ2) is 9.08. The maximum atomic E-state index is 5.78. The van der Waals surface area contributed by atoms with Crippen LogP contribution in [0.2, 0.25) is 0 Å². The number of aromatic amines is 1. The van der Waals surface area contributed by atoms with Crippen molar-refractivity contribution in [3.63, 3.8) is 0 Å². The summed E-state index contributed by atoms with van der Waals surface area (Å²) in [4.78, 5) is 8.64. The number of hydrogen-bond donors (Lipinski definition) is 3. The van der Waals surface area contributed by atoms with Crippen LogP contribution >= 0.6 is 0 Å². The van der Waals surface area contributed by atoms with E-state index in [1.54, 1.807) is 18.3 Å². The molecule has 0 bridgehead atoms. The molecule has 3 N–H and O–H groups in total. The molecular formula is C21H23N7O2. The van der Waals surface area contributed by atoms with Gasteiger partial charge < -0.3 is 19.9 Å². The Kier molecular flexibility index (Phi) is 5.88. The van der Waals surface area contributed by atoms with E-state index in [0.29, 0.717) is 42.4 Å². The lowest BCUT2D eigenvalue weighted by molar-refractivity contribution is 0.293. The van der Waals surface area contributed by atoms with Crippen LogP contribution in [0.4, 0.5) is 17.6 Å². The third-order valence-electron chi connectivity index (χ3n) is 4.36.